The van der Waals surface area contributed by atoms with E-state index in [1.807, 2.05) is 6.07 Å². The molecular weight excluding hydrogens is 477 g/mol. The van der Waals surface area contributed by atoms with E-state index in [9.17, 15) is 0 Å². The van der Waals surface area contributed by atoms with Crippen LogP contribution in [0.25, 0.3) is 0 Å². The van der Waals surface area contributed by atoms with Crippen LogP contribution in [0, 0.1) is 6.92 Å². The highest BCUT2D eigenvalue weighted by Gasteiger charge is 2.38. The largest absolute Gasteiger partial charge is 0.341 e. The Kier molecular flexibility index (Phi) is 8.56. The van der Waals surface area contributed by atoms with Gasteiger partial charge in [-0.1, -0.05) is 23.7 Å². The van der Waals surface area contributed by atoms with Crippen molar-refractivity contribution in [3.05, 3.63) is 51.8 Å². The van der Waals surface area contributed by atoms with Gasteiger partial charge in [0, 0.05) is 66.9 Å². The molecule has 2 aromatic rings. The van der Waals surface area contributed by atoms with E-state index in [1.54, 1.807) is 0 Å². The van der Waals surface area contributed by atoms with Gasteiger partial charge in [0.25, 0.3) is 0 Å². The summed E-state index contributed by atoms with van der Waals surface area (Å²) in [5.41, 5.74) is 11.5. The van der Waals surface area contributed by atoms with Crippen molar-refractivity contribution >= 4 is 42.4 Å². The number of anilines is 1. The fourth-order valence-corrected chi connectivity index (χ4v) is 5.82. The Hall–Kier alpha value is -1.11. The zero-order valence-corrected chi connectivity index (χ0v) is 22.0. The van der Waals surface area contributed by atoms with Gasteiger partial charge in [0.2, 0.25) is 5.95 Å². The summed E-state index contributed by atoms with van der Waals surface area (Å²) in [4.78, 5) is 14.8. The van der Waals surface area contributed by atoms with Crippen LogP contribution in [0.2, 0.25) is 5.02 Å². The van der Waals surface area contributed by atoms with Crippen molar-refractivity contribution in [2.45, 2.75) is 75.9 Å². The molecule has 2 fully saturated rings. The van der Waals surface area contributed by atoms with Crippen LogP contribution in [0.5, 0.6) is 0 Å². The molecule has 2 saturated carbocycles. The van der Waals surface area contributed by atoms with Crippen molar-refractivity contribution in [2.24, 2.45) is 5.73 Å². The lowest BCUT2D eigenvalue weighted by molar-refractivity contribution is 0.112. The van der Waals surface area contributed by atoms with E-state index in [0.29, 0.717) is 18.6 Å². The number of nitrogens with two attached hydrogens (primary N) is 1. The lowest BCUT2D eigenvalue weighted by atomic mass is 9.68. The molecule has 0 spiro atoms. The van der Waals surface area contributed by atoms with Gasteiger partial charge < -0.3 is 10.6 Å². The average molecular weight is 513 g/mol. The number of halogens is 3. The summed E-state index contributed by atoms with van der Waals surface area (Å²) in [6.45, 7) is 4.92. The number of aromatic nitrogens is 2. The molecule has 8 heteroatoms. The molecular formula is C25H36Cl3N5. The van der Waals surface area contributed by atoms with E-state index in [-0.39, 0.29) is 30.2 Å². The summed E-state index contributed by atoms with van der Waals surface area (Å²) in [7, 11) is 2.14. The maximum absolute atomic E-state index is 6.31. The number of fused-ring (bicyclic) bond motifs is 1. The molecule has 3 aliphatic rings. The second kappa shape index (κ2) is 10.7. The van der Waals surface area contributed by atoms with Gasteiger partial charge in [-0.25, -0.2) is 9.97 Å². The molecule has 0 amide bonds. The zero-order valence-electron chi connectivity index (χ0n) is 19.6. The van der Waals surface area contributed by atoms with E-state index >= 15 is 0 Å². The van der Waals surface area contributed by atoms with E-state index in [1.165, 1.54) is 42.5 Å². The molecule has 33 heavy (non-hydrogen) atoms. The number of nitrogens with zero attached hydrogens (tertiary/aromatic N) is 4. The Morgan fingerprint density at radius 1 is 1.15 bits per heavy atom. The lowest BCUT2D eigenvalue weighted by Crippen LogP contribution is -2.47. The van der Waals surface area contributed by atoms with Crippen molar-refractivity contribution in [3.8, 4) is 0 Å². The Bertz CT molecular complexity index is 957. The van der Waals surface area contributed by atoms with Gasteiger partial charge in [-0.05, 0) is 63.1 Å². The first-order valence-electron chi connectivity index (χ1n) is 11.8. The van der Waals surface area contributed by atoms with Gasteiger partial charge in [-0.15, -0.1) is 24.8 Å². The van der Waals surface area contributed by atoms with Crippen molar-refractivity contribution in [1.82, 2.24) is 14.9 Å². The third kappa shape index (κ3) is 5.28. The van der Waals surface area contributed by atoms with Crippen LogP contribution in [0.15, 0.2) is 24.3 Å². The van der Waals surface area contributed by atoms with E-state index < -0.39 is 0 Å². The molecule has 182 valence electrons. The first-order chi connectivity index (χ1) is 15.0. The van der Waals surface area contributed by atoms with E-state index in [2.05, 4.69) is 42.0 Å². The third-order valence-electron chi connectivity index (χ3n) is 7.95. The van der Waals surface area contributed by atoms with Crippen LogP contribution in [0.1, 0.15) is 61.0 Å². The minimum Gasteiger partial charge on any atom is -0.341 e. The summed E-state index contributed by atoms with van der Waals surface area (Å²) < 4.78 is 0. The maximum Gasteiger partial charge on any atom is 0.225 e. The molecule has 1 aliphatic heterocycles. The Morgan fingerprint density at radius 2 is 1.88 bits per heavy atom. The van der Waals surface area contributed by atoms with Crippen molar-refractivity contribution in [2.75, 3.05) is 25.0 Å². The summed E-state index contributed by atoms with van der Waals surface area (Å²) in [5, 5.41) is 0.808. The first-order valence-corrected chi connectivity index (χ1v) is 12.2. The number of aryl methyl sites for hydroxylation is 1. The van der Waals surface area contributed by atoms with Gasteiger partial charge in [0.1, 0.15) is 0 Å². The van der Waals surface area contributed by atoms with Gasteiger partial charge in [0.15, 0.2) is 0 Å². The second-order valence-corrected chi connectivity index (χ2v) is 10.3. The minimum atomic E-state index is 0. The molecule has 5 nitrogen and oxygen atoms in total. The number of hydrogen-bond donors (Lipinski definition) is 1. The molecule has 1 aromatic carbocycles. The van der Waals surface area contributed by atoms with Crippen molar-refractivity contribution < 1.29 is 0 Å². The molecule has 0 atom stereocenters. The van der Waals surface area contributed by atoms with Gasteiger partial charge in [-0.3, -0.25) is 4.90 Å². The number of rotatable bonds is 5. The molecule has 1 aromatic heterocycles. The minimum absolute atomic E-state index is 0. The van der Waals surface area contributed by atoms with E-state index in [0.717, 1.165) is 49.0 Å². The van der Waals surface area contributed by atoms with Crippen LogP contribution < -0.4 is 10.6 Å². The van der Waals surface area contributed by atoms with Gasteiger partial charge >= 0.3 is 0 Å². The molecule has 0 radical (unpaired) electrons. The molecule has 0 unspecified atom stereocenters. The monoisotopic (exact) mass is 511 g/mol. The molecule has 2 N–H and O–H groups in total. The number of hydrogen-bond acceptors (Lipinski definition) is 5. The highest BCUT2D eigenvalue weighted by Crippen LogP contribution is 2.41. The van der Waals surface area contributed by atoms with Crippen molar-refractivity contribution in [3.63, 3.8) is 0 Å². The smallest absolute Gasteiger partial charge is 0.225 e. The fourth-order valence-electron chi connectivity index (χ4n) is 5.63. The van der Waals surface area contributed by atoms with Crippen LogP contribution in [0.3, 0.4) is 0 Å². The molecule has 5 rings (SSSR count). The quantitative estimate of drug-likeness (QED) is 0.605. The molecule has 0 bridgehead atoms. The molecule has 0 saturated heterocycles. The molecule has 2 heterocycles. The average Bonchev–Trinajstić information content (AvgIpc) is 3.64. The Balaban J connectivity index is 0.00000153. The van der Waals surface area contributed by atoms with Gasteiger partial charge in [-0.2, -0.15) is 0 Å². The third-order valence-corrected chi connectivity index (χ3v) is 8.19. The first kappa shape index (κ1) is 26.5. The topological polar surface area (TPSA) is 58.3 Å². The highest BCUT2D eigenvalue weighted by molar-refractivity contribution is 6.30. The predicted octanol–water partition coefficient (Wildman–Crippen LogP) is 5.08. The Labute approximate surface area is 215 Å². The summed E-state index contributed by atoms with van der Waals surface area (Å²) >= 11 is 6.28. The van der Waals surface area contributed by atoms with Crippen LogP contribution in [0.4, 0.5) is 5.95 Å². The molecule has 2 aliphatic carbocycles. The van der Waals surface area contributed by atoms with Crippen LogP contribution in [-0.4, -0.2) is 47.1 Å². The standard InChI is InChI=1S/C25H34ClN5.2ClH/c1-17-22-15-31(13-10-23(22)29-24(28-17)30(2)20-6-7-20)21-8-11-25(16-27,12-9-21)18-4-3-5-19(26)14-18;;/h3-5,14,20-21H,6-13,15-16,27H2,1-2H3;2*1H. The highest BCUT2D eigenvalue weighted by atomic mass is 35.5. The maximum atomic E-state index is 6.31. The summed E-state index contributed by atoms with van der Waals surface area (Å²) in [5.74, 6) is 0.916. The van der Waals surface area contributed by atoms with Gasteiger partial charge in [0.05, 0.1) is 5.69 Å². The Morgan fingerprint density at radius 3 is 2.52 bits per heavy atom. The lowest BCUT2D eigenvalue weighted by Gasteiger charge is -2.44. The zero-order chi connectivity index (χ0) is 21.6. The normalized spacial score (nSPS) is 24.9. The van der Waals surface area contributed by atoms with Crippen molar-refractivity contribution in [1.29, 1.82) is 0 Å². The summed E-state index contributed by atoms with van der Waals surface area (Å²) in [6, 6.07) is 9.57. The SMILES string of the molecule is Cc1nc(N(C)C2CC2)nc2c1CN(C1CCC(CN)(c3cccc(Cl)c3)CC1)CC2.Cl.Cl. The van der Waals surface area contributed by atoms with Crippen LogP contribution in [-0.2, 0) is 18.4 Å². The van der Waals surface area contributed by atoms with E-state index in [4.69, 9.17) is 27.3 Å². The fraction of sp³-hybridized carbons (Fsp3) is 0.600. The summed E-state index contributed by atoms with van der Waals surface area (Å²) in [6.07, 6.45) is 8.17. The van der Waals surface area contributed by atoms with Crippen LogP contribution >= 0.6 is 36.4 Å². The predicted molar refractivity (Wildman–Crippen MR) is 141 cm³/mol. The second-order valence-electron chi connectivity index (χ2n) is 9.82. The number of benzene rings is 1.